The highest BCUT2D eigenvalue weighted by atomic mass is 32.1. The first kappa shape index (κ1) is 12.1. The van der Waals surface area contributed by atoms with Gasteiger partial charge in [0.1, 0.15) is 5.01 Å². The van der Waals surface area contributed by atoms with Gasteiger partial charge in [-0.25, -0.2) is 4.98 Å². The van der Waals surface area contributed by atoms with Gasteiger partial charge in [-0.2, -0.15) is 0 Å². The molecule has 2 aromatic rings. The van der Waals surface area contributed by atoms with E-state index >= 15 is 0 Å². The third-order valence-corrected chi connectivity index (χ3v) is 4.48. The summed E-state index contributed by atoms with van der Waals surface area (Å²) < 4.78 is 1.30. The Bertz CT molecular complexity index is 485. The molecular formula is C14H19N3S. The second-order valence-corrected chi connectivity index (χ2v) is 5.97. The van der Waals surface area contributed by atoms with Crippen molar-refractivity contribution in [2.75, 3.05) is 19.6 Å². The van der Waals surface area contributed by atoms with E-state index in [0.29, 0.717) is 6.04 Å². The van der Waals surface area contributed by atoms with Crippen LogP contribution in [0.4, 0.5) is 0 Å². The van der Waals surface area contributed by atoms with Gasteiger partial charge in [0, 0.05) is 19.1 Å². The minimum absolute atomic E-state index is 0.706. The van der Waals surface area contributed by atoms with E-state index in [9.17, 15) is 0 Å². The molecule has 0 aliphatic carbocycles. The molecule has 1 aromatic carbocycles. The molecule has 4 heteroatoms. The largest absolute Gasteiger partial charge is 0.314 e. The molecule has 0 bridgehead atoms. The molecule has 0 atom stereocenters. The topological polar surface area (TPSA) is 28.2 Å². The molecule has 0 unspecified atom stereocenters. The molecule has 3 nitrogen and oxygen atoms in total. The molecule has 1 N–H and O–H groups in total. The number of nitrogens with zero attached hydrogens (tertiary/aromatic N) is 2. The van der Waals surface area contributed by atoms with E-state index in [2.05, 4.69) is 41.4 Å². The number of para-hydroxylation sites is 1. The van der Waals surface area contributed by atoms with Crippen LogP contribution in [0.2, 0.25) is 0 Å². The number of thiazole rings is 1. The summed E-state index contributed by atoms with van der Waals surface area (Å²) >= 11 is 1.83. The van der Waals surface area contributed by atoms with E-state index in [0.717, 1.165) is 25.2 Å². The van der Waals surface area contributed by atoms with Crippen LogP contribution in [-0.4, -0.2) is 35.6 Å². The summed E-state index contributed by atoms with van der Waals surface area (Å²) in [6, 6.07) is 9.11. The van der Waals surface area contributed by atoms with E-state index in [1.54, 1.807) is 0 Å². The summed E-state index contributed by atoms with van der Waals surface area (Å²) in [4.78, 5) is 7.30. The molecule has 0 amide bonds. The quantitative estimate of drug-likeness (QED) is 0.896. The normalized spacial score (nSPS) is 16.3. The number of hydrogen-bond acceptors (Lipinski definition) is 4. The molecule has 1 aromatic heterocycles. The van der Waals surface area contributed by atoms with Crippen LogP contribution >= 0.6 is 11.3 Å². The van der Waals surface area contributed by atoms with Crippen LogP contribution in [-0.2, 0) is 6.54 Å². The van der Waals surface area contributed by atoms with Gasteiger partial charge in [0.25, 0.3) is 0 Å². The van der Waals surface area contributed by atoms with E-state index < -0.39 is 0 Å². The van der Waals surface area contributed by atoms with Crippen molar-refractivity contribution in [3.8, 4) is 0 Å². The summed E-state index contributed by atoms with van der Waals surface area (Å²) in [7, 11) is 0. The Morgan fingerprint density at radius 2 is 2.22 bits per heavy atom. The summed E-state index contributed by atoms with van der Waals surface area (Å²) in [6.45, 7) is 6.68. The van der Waals surface area contributed by atoms with Crippen LogP contribution < -0.4 is 5.32 Å². The van der Waals surface area contributed by atoms with Gasteiger partial charge in [-0.3, -0.25) is 4.90 Å². The van der Waals surface area contributed by atoms with E-state index in [1.165, 1.54) is 22.7 Å². The summed E-state index contributed by atoms with van der Waals surface area (Å²) in [5, 5.41) is 4.60. The van der Waals surface area contributed by atoms with Crippen LogP contribution in [0.25, 0.3) is 10.2 Å². The zero-order chi connectivity index (χ0) is 12.4. The predicted molar refractivity (Wildman–Crippen MR) is 77.0 cm³/mol. The Morgan fingerprint density at radius 3 is 2.89 bits per heavy atom. The fourth-order valence-corrected chi connectivity index (χ4v) is 3.36. The van der Waals surface area contributed by atoms with Gasteiger partial charge in [-0.15, -0.1) is 11.3 Å². The van der Waals surface area contributed by atoms with Crippen molar-refractivity contribution in [2.24, 2.45) is 0 Å². The van der Waals surface area contributed by atoms with Gasteiger partial charge in [-0.05, 0) is 25.1 Å². The van der Waals surface area contributed by atoms with Crippen molar-refractivity contribution >= 4 is 21.6 Å². The van der Waals surface area contributed by atoms with Gasteiger partial charge >= 0.3 is 0 Å². The van der Waals surface area contributed by atoms with Crippen molar-refractivity contribution in [1.29, 1.82) is 0 Å². The molecule has 96 valence electrons. The molecule has 1 saturated heterocycles. The molecule has 3 rings (SSSR count). The molecule has 2 heterocycles. The number of rotatable bonds is 5. The lowest BCUT2D eigenvalue weighted by Gasteiger charge is -2.37. The molecule has 1 aliphatic heterocycles. The van der Waals surface area contributed by atoms with Crippen molar-refractivity contribution in [3.05, 3.63) is 29.3 Å². The molecule has 0 saturated carbocycles. The first-order valence-electron chi connectivity index (χ1n) is 6.66. The Morgan fingerprint density at radius 1 is 1.39 bits per heavy atom. The number of benzene rings is 1. The van der Waals surface area contributed by atoms with Gasteiger partial charge < -0.3 is 5.32 Å². The maximum atomic E-state index is 4.73. The highest BCUT2D eigenvalue weighted by Gasteiger charge is 2.24. The monoisotopic (exact) mass is 261 g/mol. The third kappa shape index (κ3) is 2.41. The number of aromatic nitrogens is 1. The highest BCUT2D eigenvalue weighted by molar-refractivity contribution is 7.18. The Balaban J connectivity index is 1.76. The standard InChI is InChI=1S/C14H19N3S/c1-2-7-17(11-8-15-9-11)10-14-16-12-5-3-4-6-13(12)18-14/h3-6,11,15H,2,7-10H2,1H3. The minimum Gasteiger partial charge on any atom is -0.314 e. The van der Waals surface area contributed by atoms with Gasteiger partial charge in [0.05, 0.1) is 16.8 Å². The first-order valence-corrected chi connectivity index (χ1v) is 7.47. The summed E-state index contributed by atoms with van der Waals surface area (Å²) in [5.41, 5.74) is 1.14. The van der Waals surface area contributed by atoms with Gasteiger partial charge in [0.2, 0.25) is 0 Å². The Hall–Kier alpha value is -0.970. The average molecular weight is 261 g/mol. The number of fused-ring (bicyclic) bond motifs is 1. The minimum atomic E-state index is 0.706. The summed E-state index contributed by atoms with van der Waals surface area (Å²) in [5.74, 6) is 0. The SMILES string of the molecule is CCCN(Cc1nc2ccccc2s1)C1CNC1. The highest BCUT2D eigenvalue weighted by Crippen LogP contribution is 2.23. The number of nitrogens with one attached hydrogen (secondary N) is 1. The lowest BCUT2D eigenvalue weighted by atomic mass is 10.1. The first-order chi connectivity index (χ1) is 8.86. The lowest BCUT2D eigenvalue weighted by Crippen LogP contribution is -2.56. The molecule has 1 aliphatic rings. The van der Waals surface area contributed by atoms with Crippen LogP contribution in [0.1, 0.15) is 18.4 Å². The van der Waals surface area contributed by atoms with E-state index in [1.807, 2.05) is 11.3 Å². The molecular weight excluding hydrogens is 242 g/mol. The summed E-state index contributed by atoms with van der Waals surface area (Å²) in [6.07, 6.45) is 1.21. The maximum absolute atomic E-state index is 4.73. The van der Waals surface area contributed by atoms with E-state index in [4.69, 9.17) is 4.98 Å². The van der Waals surface area contributed by atoms with Crippen molar-refractivity contribution in [2.45, 2.75) is 25.9 Å². The zero-order valence-corrected chi connectivity index (χ0v) is 11.5. The molecule has 1 fully saturated rings. The zero-order valence-electron chi connectivity index (χ0n) is 10.7. The second-order valence-electron chi connectivity index (χ2n) is 4.86. The Kier molecular flexibility index (Phi) is 3.59. The van der Waals surface area contributed by atoms with Crippen molar-refractivity contribution < 1.29 is 0 Å². The second kappa shape index (κ2) is 5.34. The van der Waals surface area contributed by atoms with Crippen molar-refractivity contribution in [1.82, 2.24) is 15.2 Å². The molecule has 18 heavy (non-hydrogen) atoms. The Labute approximate surface area is 112 Å². The maximum Gasteiger partial charge on any atom is 0.108 e. The van der Waals surface area contributed by atoms with Crippen LogP contribution in [0.15, 0.2) is 24.3 Å². The van der Waals surface area contributed by atoms with Crippen LogP contribution in [0, 0.1) is 0 Å². The number of hydrogen-bond donors (Lipinski definition) is 1. The average Bonchev–Trinajstić information content (AvgIpc) is 2.69. The third-order valence-electron chi connectivity index (χ3n) is 3.46. The fraction of sp³-hybridized carbons (Fsp3) is 0.500. The van der Waals surface area contributed by atoms with Gasteiger partial charge in [-0.1, -0.05) is 19.1 Å². The lowest BCUT2D eigenvalue weighted by molar-refractivity contribution is 0.138. The fourth-order valence-electron chi connectivity index (χ4n) is 2.37. The molecule has 0 radical (unpaired) electrons. The van der Waals surface area contributed by atoms with E-state index in [-0.39, 0.29) is 0 Å². The van der Waals surface area contributed by atoms with Crippen LogP contribution in [0.3, 0.4) is 0 Å². The van der Waals surface area contributed by atoms with Crippen molar-refractivity contribution in [3.63, 3.8) is 0 Å². The predicted octanol–water partition coefficient (Wildman–Crippen LogP) is 2.48. The van der Waals surface area contributed by atoms with Gasteiger partial charge in [0.15, 0.2) is 0 Å². The van der Waals surface area contributed by atoms with Crippen LogP contribution in [0.5, 0.6) is 0 Å². The smallest absolute Gasteiger partial charge is 0.108 e. The molecule has 0 spiro atoms.